The lowest BCUT2D eigenvalue weighted by atomic mass is 10.1. The van der Waals surface area contributed by atoms with Gasteiger partial charge in [-0.2, -0.15) is 4.31 Å². The smallest absolute Gasteiger partial charge is 0.271 e. The fourth-order valence-electron chi connectivity index (χ4n) is 3.52. The van der Waals surface area contributed by atoms with E-state index in [1.807, 2.05) is 0 Å². The monoisotopic (exact) mass is 467 g/mol. The first-order valence-electron chi connectivity index (χ1n) is 9.83. The van der Waals surface area contributed by atoms with Crippen LogP contribution in [-0.2, 0) is 20.0 Å². The summed E-state index contributed by atoms with van der Waals surface area (Å²) in [6.07, 6.45) is 2.55. The first kappa shape index (κ1) is 23.2. The van der Waals surface area contributed by atoms with Gasteiger partial charge in [-0.25, -0.2) is 16.8 Å². The van der Waals surface area contributed by atoms with Crippen LogP contribution >= 0.6 is 0 Å². The first-order valence-corrected chi connectivity index (χ1v) is 12.7. The van der Waals surface area contributed by atoms with Gasteiger partial charge in [0.1, 0.15) is 0 Å². The van der Waals surface area contributed by atoms with E-state index < -0.39 is 25.0 Å². The van der Waals surface area contributed by atoms with Crippen molar-refractivity contribution in [2.45, 2.75) is 49.8 Å². The molecule has 1 saturated heterocycles. The van der Waals surface area contributed by atoms with E-state index in [9.17, 15) is 26.9 Å². The SMILES string of the molecule is Cc1ccc(S(=O)(=O)N2CCCCC2)cc1NS(=O)(=O)c1cc([N+](=O)[O-])cc(C)c1C. The van der Waals surface area contributed by atoms with Crippen molar-refractivity contribution < 1.29 is 21.8 Å². The fourth-order valence-corrected chi connectivity index (χ4v) is 6.52. The van der Waals surface area contributed by atoms with E-state index in [4.69, 9.17) is 0 Å². The van der Waals surface area contributed by atoms with Crippen molar-refractivity contribution in [1.29, 1.82) is 0 Å². The van der Waals surface area contributed by atoms with Crippen LogP contribution in [0.1, 0.15) is 36.0 Å². The third kappa shape index (κ3) is 4.73. The van der Waals surface area contributed by atoms with Crippen LogP contribution in [0.15, 0.2) is 40.1 Å². The van der Waals surface area contributed by atoms with E-state index in [0.717, 1.165) is 25.3 Å². The van der Waals surface area contributed by atoms with Crippen LogP contribution in [0.5, 0.6) is 0 Å². The quantitative estimate of drug-likeness (QED) is 0.512. The maximum absolute atomic E-state index is 13.1. The van der Waals surface area contributed by atoms with E-state index in [0.29, 0.717) is 29.8 Å². The molecular weight excluding hydrogens is 442 g/mol. The second kappa shape index (κ2) is 8.56. The highest BCUT2D eigenvalue weighted by Crippen LogP contribution is 2.30. The Labute approximate surface area is 182 Å². The molecule has 1 N–H and O–H groups in total. The number of aryl methyl sites for hydroxylation is 2. The summed E-state index contributed by atoms with van der Waals surface area (Å²) >= 11 is 0. The molecule has 1 heterocycles. The molecule has 1 aliphatic rings. The molecule has 1 fully saturated rings. The van der Waals surface area contributed by atoms with Crippen LogP contribution in [0.3, 0.4) is 0 Å². The van der Waals surface area contributed by atoms with Crippen molar-refractivity contribution >= 4 is 31.4 Å². The van der Waals surface area contributed by atoms with Gasteiger partial charge < -0.3 is 0 Å². The molecule has 0 bridgehead atoms. The summed E-state index contributed by atoms with van der Waals surface area (Å²) in [5.74, 6) is 0. The minimum absolute atomic E-state index is 0.00430. The molecule has 168 valence electrons. The van der Waals surface area contributed by atoms with Crippen molar-refractivity contribution in [3.05, 3.63) is 57.1 Å². The second-order valence-electron chi connectivity index (χ2n) is 7.69. The van der Waals surface area contributed by atoms with Crippen molar-refractivity contribution in [2.24, 2.45) is 0 Å². The zero-order valence-corrected chi connectivity index (χ0v) is 19.2. The van der Waals surface area contributed by atoms with E-state index in [2.05, 4.69) is 4.72 Å². The Morgan fingerprint density at radius 1 is 0.935 bits per heavy atom. The van der Waals surface area contributed by atoms with Gasteiger partial charge >= 0.3 is 0 Å². The molecule has 0 aromatic heterocycles. The largest absolute Gasteiger partial charge is 0.279 e. The Hall–Kier alpha value is -2.50. The summed E-state index contributed by atoms with van der Waals surface area (Å²) < 4.78 is 55.9. The summed E-state index contributed by atoms with van der Waals surface area (Å²) in [6, 6.07) is 6.62. The Bertz CT molecular complexity index is 1230. The molecule has 0 amide bonds. The number of sulfonamides is 2. The predicted octanol–water partition coefficient (Wildman–Crippen LogP) is 3.50. The van der Waals surface area contributed by atoms with Gasteiger partial charge in [0.05, 0.1) is 20.4 Å². The lowest BCUT2D eigenvalue weighted by molar-refractivity contribution is -0.385. The van der Waals surface area contributed by atoms with Crippen molar-refractivity contribution in [1.82, 2.24) is 4.31 Å². The number of benzene rings is 2. The molecule has 0 atom stereocenters. The zero-order chi connectivity index (χ0) is 23.0. The van der Waals surface area contributed by atoms with Crippen LogP contribution in [0.4, 0.5) is 11.4 Å². The predicted molar refractivity (Wildman–Crippen MR) is 117 cm³/mol. The van der Waals surface area contributed by atoms with Crippen molar-refractivity contribution in [3.63, 3.8) is 0 Å². The summed E-state index contributed by atoms with van der Waals surface area (Å²) in [5, 5.41) is 11.2. The number of anilines is 1. The van der Waals surface area contributed by atoms with Crippen LogP contribution in [0, 0.1) is 30.9 Å². The standard InChI is InChI=1S/C20H25N3O6S2/c1-14-7-8-18(31(28,29)22-9-5-4-6-10-22)13-19(14)21-30(26,27)20-12-17(23(24)25)11-15(2)16(20)3/h7-8,11-13,21H,4-6,9-10H2,1-3H3. The Kier molecular flexibility index (Phi) is 6.40. The number of nitro benzene ring substituents is 1. The third-order valence-corrected chi connectivity index (χ3v) is 8.90. The summed E-state index contributed by atoms with van der Waals surface area (Å²) in [5.41, 5.74) is 1.16. The summed E-state index contributed by atoms with van der Waals surface area (Å²) in [4.78, 5) is 10.3. The molecule has 0 saturated carbocycles. The average Bonchev–Trinajstić information content (AvgIpc) is 2.71. The normalized spacial score (nSPS) is 15.6. The lowest BCUT2D eigenvalue weighted by Gasteiger charge is -2.26. The number of non-ortho nitro benzene ring substituents is 1. The van der Waals surface area contributed by atoms with Gasteiger partial charge in [-0.3, -0.25) is 14.8 Å². The number of rotatable bonds is 6. The minimum atomic E-state index is -4.20. The van der Waals surface area contributed by atoms with Crippen LogP contribution in [0.2, 0.25) is 0 Å². The molecule has 1 aliphatic heterocycles. The van der Waals surface area contributed by atoms with Crippen LogP contribution < -0.4 is 4.72 Å². The van der Waals surface area contributed by atoms with Crippen LogP contribution in [-0.4, -0.2) is 39.2 Å². The van der Waals surface area contributed by atoms with Gasteiger partial charge in [-0.05, 0) is 62.4 Å². The molecule has 2 aromatic carbocycles. The molecule has 0 spiro atoms. The molecule has 2 aromatic rings. The number of hydrogen-bond acceptors (Lipinski definition) is 6. The van der Waals surface area contributed by atoms with E-state index in [-0.39, 0.29) is 21.2 Å². The fraction of sp³-hybridized carbons (Fsp3) is 0.400. The van der Waals surface area contributed by atoms with Gasteiger partial charge in [0.25, 0.3) is 15.7 Å². The number of nitrogens with zero attached hydrogens (tertiary/aromatic N) is 2. The van der Waals surface area contributed by atoms with Crippen LogP contribution in [0.25, 0.3) is 0 Å². The molecule has 3 rings (SSSR count). The Morgan fingerprint density at radius 3 is 2.19 bits per heavy atom. The molecule has 0 radical (unpaired) electrons. The molecule has 0 aliphatic carbocycles. The molecule has 0 unspecified atom stereocenters. The van der Waals surface area contributed by atoms with E-state index in [1.54, 1.807) is 26.8 Å². The number of hydrogen-bond donors (Lipinski definition) is 1. The lowest BCUT2D eigenvalue weighted by Crippen LogP contribution is -2.35. The number of nitrogens with one attached hydrogen (secondary N) is 1. The number of piperidine rings is 1. The summed E-state index contributed by atoms with van der Waals surface area (Å²) in [7, 11) is -7.94. The molecule has 9 nitrogen and oxygen atoms in total. The van der Waals surface area contributed by atoms with Gasteiger partial charge in [0.2, 0.25) is 10.0 Å². The van der Waals surface area contributed by atoms with Crippen molar-refractivity contribution in [2.75, 3.05) is 17.8 Å². The minimum Gasteiger partial charge on any atom is -0.279 e. The highest BCUT2D eigenvalue weighted by atomic mass is 32.2. The van der Waals surface area contributed by atoms with Gasteiger partial charge in [-0.1, -0.05) is 12.5 Å². The summed E-state index contributed by atoms with van der Waals surface area (Å²) in [6.45, 7) is 5.68. The maximum Gasteiger partial charge on any atom is 0.271 e. The highest BCUT2D eigenvalue weighted by Gasteiger charge is 2.28. The van der Waals surface area contributed by atoms with E-state index >= 15 is 0 Å². The molecule has 31 heavy (non-hydrogen) atoms. The first-order chi connectivity index (χ1) is 14.4. The Morgan fingerprint density at radius 2 is 1.58 bits per heavy atom. The topological polar surface area (TPSA) is 127 Å². The maximum atomic E-state index is 13.1. The van der Waals surface area contributed by atoms with E-state index in [1.165, 1.54) is 22.5 Å². The average molecular weight is 468 g/mol. The Balaban J connectivity index is 2.01. The molecule has 11 heteroatoms. The van der Waals surface area contributed by atoms with Crippen molar-refractivity contribution in [3.8, 4) is 0 Å². The van der Waals surface area contributed by atoms with Gasteiger partial charge in [0, 0.05) is 25.2 Å². The third-order valence-electron chi connectivity index (χ3n) is 5.51. The second-order valence-corrected chi connectivity index (χ2v) is 11.3. The van der Waals surface area contributed by atoms with Gasteiger partial charge in [-0.15, -0.1) is 0 Å². The number of nitro groups is 1. The highest BCUT2D eigenvalue weighted by molar-refractivity contribution is 7.92. The molecular formula is C20H25N3O6S2. The zero-order valence-electron chi connectivity index (χ0n) is 17.6. The van der Waals surface area contributed by atoms with Gasteiger partial charge in [0.15, 0.2) is 0 Å².